The number of nitrogens with zero attached hydrogens (tertiary/aromatic N) is 3. The second-order valence-electron chi connectivity index (χ2n) is 7.78. The minimum atomic E-state index is -0.633. The van der Waals surface area contributed by atoms with E-state index in [1.54, 1.807) is 0 Å². The monoisotopic (exact) mass is 521 g/mol. The van der Waals surface area contributed by atoms with E-state index in [1.165, 1.54) is 49.6 Å². The SMILES string of the molecule is COc1cc(/C=C2/SC(=O)N(Cc3ccc([N+](=O)[O-])cc3)C2=O)c([N+](=O)[O-])cc1OCc1ccccc1. The molecule has 1 heterocycles. The summed E-state index contributed by atoms with van der Waals surface area (Å²) >= 11 is 0.645. The molecule has 2 amide bonds. The highest BCUT2D eigenvalue weighted by molar-refractivity contribution is 8.18. The molecule has 0 aliphatic carbocycles. The molecule has 1 saturated heterocycles. The summed E-state index contributed by atoms with van der Waals surface area (Å²) in [6, 6.07) is 17.3. The van der Waals surface area contributed by atoms with Gasteiger partial charge in [0.15, 0.2) is 11.5 Å². The molecule has 188 valence electrons. The van der Waals surface area contributed by atoms with Crippen LogP contribution in [0.4, 0.5) is 16.2 Å². The first kappa shape index (κ1) is 25.4. The fourth-order valence-electron chi connectivity index (χ4n) is 3.53. The first-order valence-electron chi connectivity index (χ1n) is 10.8. The van der Waals surface area contributed by atoms with Crippen molar-refractivity contribution in [3.8, 4) is 11.5 Å². The number of nitro benzene ring substituents is 2. The second kappa shape index (κ2) is 10.9. The van der Waals surface area contributed by atoms with Crippen LogP contribution in [-0.4, -0.2) is 33.0 Å². The van der Waals surface area contributed by atoms with Crippen molar-refractivity contribution in [1.29, 1.82) is 0 Å². The lowest BCUT2D eigenvalue weighted by atomic mass is 10.1. The van der Waals surface area contributed by atoms with E-state index in [2.05, 4.69) is 0 Å². The molecule has 0 radical (unpaired) electrons. The number of carbonyl (C=O) groups excluding carboxylic acids is 2. The van der Waals surface area contributed by atoms with Gasteiger partial charge in [-0.1, -0.05) is 42.5 Å². The Labute approximate surface area is 214 Å². The topological polar surface area (TPSA) is 142 Å². The van der Waals surface area contributed by atoms with Crippen molar-refractivity contribution < 1.29 is 28.9 Å². The van der Waals surface area contributed by atoms with Crippen molar-refractivity contribution >= 4 is 40.4 Å². The third kappa shape index (κ3) is 5.76. The summed E-state index contributed by atoms with van der Waals surface area (Å²) in [5.74, 6) is -0.259. The van der Waals surface area contributed by atoms with Gasteiger partial charge >= 0.3 is 0 Å². The number of amides is 2. The van der Waals surface area contributed by atoms with Gasteiger partial charge in [0.2, 0.25) is 0 Å². The van der Waals surface area contributed by atoms with Crippen LogP contribution in [0.5, 0.6) is 11.5 Å². The average Bonchev–Trinajstić information content (AvgIpc) is 3.15. The van der Waals surface area contributed by atoms with Gasteiger partial charge in [0.1, 0.15) is 6.61 Å². The summed E-state index contributed by atoms with van der Waals surface area (Å²) < 4.78 is 11.1. The molecule has 0 unspecified atom stereocenters. The highest BCUT2D eigenvalue weighted by Crippen LogP contribution is 2.39. The molecule has 1 aliphatic rings. The van der Waals surface area contributed by atoms with Crippen molar-refractivity contribution in [2.45, 2.75) is 13.2 Å². The lowest BCUT2D eigenvalue weighted by Gasteiger charge is -2.13. The van der Waals surface area contributed by atoms with Crippen LogP contribution in [0.3, 0.4) is 0 Å². The molecule has 37 heavy (non-hydrogen) atoms. The van der Waals surface area contributed by atoms with E-state index in [-0.39, 0.29) is 46.5 Å². The predicted octanol–water partition coefficient (Wildman–Crippen LogP) is 5.33. The Hall–Kier alpha value is -4.71. The molecular formula is C25H19N3O8S. The van der Waals surface area contributed by atoms with Crippen molar-refractivity contribution in [2.75, 3.05) is 7.11 Å². The molecular weight excluding hydrogens is 502 g/mol. The van der Waals surface area contributed by atoms with Gasteiger partial charge in [0, 0.05) is 12.1 Å². The van der Waals surface area contributed by atoms with Gasteiger partial charge in [0.05, 0.1) is 40.0 Å². The molecule has 0 bridgehead atoms. The maximum Gasteiger partial charge on any atom is 0.293 e. The number of hydrogen-bond donors (Lipinski definition) is 0. The number of hydrogen-bond acceptors (Lipinski definition) is 9. The zero-order valence-electron chi connectivity index (χ0n) is 19.4. The van der Waals surface area contributed by atoms with Gasteiger partial charge in [-0.25, -0.2) is 0 Å². The lowest BCUT2D eigenvalue weighted by Crippen LogP contribution is -2.27. The number of nitro groups is 2. The van der Waals surface area contributed by atoms with Crippen LogP contribution >= 0.6 is 11.8 Å². The van der Waals surface area contributed by atoms with Crippen molar-refractivity contribution in [2.24, 2.45) is 0 Å². The van der Waals surface area contributed by atoms with Gasteiger partial charge in [-0.05, 0) is 35.0 Å². The van der Waals surface area contributed by atoms with E-state index < -0.39 is 21.0 Å². The van der Waals surface area contributed by atoms with Gasteiger partial charge in [-0.2, -0.15) is 0 Å². The lowest BCUT2D eigenvalue weighted by molar-refractivity contribution is -0.385. The summed E-state index contributed by atoms with van der Waals surface area (Å²) in [5, 5.41) is 22.1. The molecule has 12 heteroatoms. The Kier molecular flexibility index (Phi) is 7.49. The Morgan fingerprint density at radius 1 is 0.919 bits per heavy atom. The smallest absolute Gasteiger partial charge is 0.293 e. The molecule has 3 aromatic rings. The molecule has 4 rings (SSSR count). The second-order valence-corrected chi connectivity index (χ2v) is 8.78. The molecule has 11 nitrogen and oxygen atoms in total. The predicted molar refractivity (Wildman–Crippen MR) is 135 cm³/mol. The molecule has 0 atom stereocenters. The number of rotatable bonds is 9. The van der Waals surface area contributed by atoms with Crippen LogP contribution in [0.1, 0.15) is 16.7 Å². The molecule has 3 aromatic carbocycles. The average molecular weight is 522 g/mol. The van der Waals surface area contributed by atoms with Crippen molar-refractivity contribution in [3.63, 3.8) is 0 Å². The van der Waals surface area contributed by atoms with Crippen LogP contribution in [0.25, 0.3) is 6.08 Å². The van der Waals surface area contributed by atoms with E-state index in [1.807, 2.05) is 30.3 Å². The summed E-state index contributed by atoms with van der Waals surface area (Å²) in [6.07, 6.45) is 1.27. The van der Waals surface area contributed by atoms with E-state index in [4.69, 9.17) is 9.47 Å². The third-order valence-corrected chi connectivity index (χ3v) is 6.30. The highest BCUT2D eigenvalue weighted by atomic mass is 32.2. The number of thioether (sulfide) groups is 1. The highest BCUT2D eigenvalue weighted by Gasteiger charge is 2.36. The first-order valence-corrected chi connectivity index (χ1v) is 11.6. The number of imide groups is 1. The van der Waals surface area contributed by atoms with Crippen LogP contribution in [-0.2, 0) is 17.9 Å². The minimum Gasteiger partial charge on any atom is -0.493 e. The van der Waals surface area contributed by atoms with Crippen LogP contribution < -0.4 is 9.47 Å². The van der Waals surface area contributed by atoms with E-state index in [0.717, 1.165) is 10.5 Å². The Balaban J connectivity index is 1.59. The maximum atomic E-state index is 12.9. The fourth-order valence-corrected chi connectivity index (χ4v) is 4.36. The summed E-state index contributed by atoms with van der Waals surface area (Å²) in [5.41, 5.74) is 0.996. The summed E-state index contributed by atoms with van der Waals surface area (Å²) in [4.78, 5) is 47.9. The molecule has 0 N–H and O–H groups in total. The molecule has 0 saturated carbocycles. The Bertz CT molecular complexity index is 1410. The summed E-state index contributed by atoms with van der Waals surface area (Å²) in [6.45, 7) is 0.0624. The van der Waals surface area contributed by atoms with Gasteiger partial charge < -0.3 is 9.47 Å². The molecule has 0 spiro atoms. The van der Waals surface area contributed by atoms with Crippen molar-refractivity contribution in [3.05, 3.63) is 109 Å². The number of benzene rings is 3. The Morgan fingerprint density at radius 2 is 1.62 bits per heavy atom. The summed E-state index contributed by atoms with van der Waals surface area (Å²) in [7, 11) is 1.39. The zero-order chi connectivity index (χ0) is 26.5. The minimum absolute atomic E-state index is 0.00461. The number of methoxy groups -OCH3 is 1. The van der Waals surface area contributed by atoms with Crippen LogP contribution in [0.15, 0.2) is 71.6 Å². The van der Waals surface area contributed by atoms with Crippen LogP contribution in [0, 0.1) is 20.2 Å². The van der Waals surface area contributed by atoms with Crippen LogP contribution in [0.2, 0.25) is 0 Å². The van der Waals surface area contributed by atoms with Gasteiger partial charge in [-0.15, -0.1) is 0 Å². The van der Waals surface area contributed by atoms with Crippen molar-refractivity contribution in [1.82, 2.24) is 4.90 Å². The van der Waals surface area contributed by atoms with E-state index in [9.17, 15) is 29.8 Å². The standard InChI is InChI=1S/C25H19N3O8S/c1-35-21-11-18(20(28(33)34)13-22(21)36-15-17-5-3-2-4-6-17)12-23-24(29)26(25(30)37-23)14-16-7-9-19(10-8-16)27(31)32/h2-13H,14-15H2,1H3/b23-12+. The van der Waals surface area contributed by atoms with Gasteiger partial charge in [-0.3, -0.25) is 34.7 Å². The number of carbonyl (C=O) groups is 2. The largest absolute Gasteiger partial charge is 0.493 e. The quantitative estimate of drug-likeness (QED) is 0.207. The first-order chi connectivity index (χ1) is 17.8. The fraction of sp³-hybridized carbons (Fsp3) is 0.120. The zero-order valence-corrected chi connectivity index (χ0v) is 20.2. The Morgan fingerprint density at radius 3 is 2.24 bits per heavy atom. The molecule has 0 aromatic heterocycles. The molecule has 1 aliphatic heterocycles. The third-order valence-electron chi connectivity index (χ3n) is 5.39. The molecule has 1 fully saturated rings. The normalized spacial score (nSPS) is 14.2. The number of ether oxygens (including phenoxy) is 2. The maximum absolute atomic E-state index is 12.9. The van der Waals surface area contributed by atoms with E-state index >= 15 is 0 Å². The van der Waals surface area contributed by atoms with Gasteiger partial charge in [0.25, 0.3) is 22.5 Å². The number of non-ortho nitro benzene ring substituents is 1. The van der Waals surface area contributed by atoms with E-state index in [0.29, 0.717) is 17.3 Å².